The third kappa shape index (κ3) is 2.61. The minimum Gasteiger partial charge on any atom is -0.0843 e. The van der Waals surface area contributed by atoms with E-state index >= 15 is 0 Å². The van der Waals surface area contributed by atoms with Crippen molar-refractivity contribution in [2.24, 2.45) is 0 Å². The van der Waals surface area contributed by atoms with Crippen LogP contribution in [0.1, 0.15) is 5.56 Å². The number of benzene rings is 3. The fourth-order valence-corrected chi connectivity index (χ4v) is 2.55. The Morgan fingerprint density at radius 2 is 1.30 bits per heavy atom. The molecule has 0 bridgehead atoms. The first kappa shape index (κ1) is 13.0. The van der Waals surface area contributed by atoms with Crippen molar-refractivity contribution < 1.29 is 0 Å². The zero-order valence-corrected chi connectivity index (χ0v) is 12.1. The lowest BCUT2D eigenvalue weighted by molar-refractivity contribution is 1.45. The third-order valence-electron chi connectivity index (χ3n) is 3.49. The van der Waals surface area contributed by atoms with E-state index in [4.69, 9.17) is 11.6 Å². The minimum absolute atomic E-state index is 0.771. The summed E-state index contributed by atoms with van der Waals surface area (Å²) in [4.78, 5) is 0. The highest BCUT2D eigenvalue weighted by Crippen LogP contribution is 2.29. The summed E-state index contributed by atoms with van der Waals surface area (Å²) < 4.78 is 0. The zero-order chi connectivity index (χ0) is 13.9. The van der Waals surface area contributed by atoms with Gasteiger partial charge in [0, 0.05) is 5.02 Å². The highest BCUT2D eigenvalue weighted by molar-refractivity contribution is 6.30. The monoisotopic (exact) mass is 278 g/mol. The molecule has 0 radical (unpaired) electrons. The van der Waals surface area contributed by atoms with Gasteiger partial charge in [-0.1, -0.05) is 72.3 Å². The van der Waals surface area contributed by atoms with Crippen LogP contribution in [-0.2, 0) is 0 Å². The van der Waals surface area contributed by atoms with Gasteiger partial charge in [0.05, 0.1) is 0 Å². The van der Waals surface area contributed by atoms with Crippen LogP contribution in [0.5, 0.6) is 0 Å². The Bertz CT molecular complexity index is 713. The molecule has 0 aliphatic rings. The molecule has 0 spiro atoms. The topological polar surface area (TPSA) is 0 Å². The van der Waals surface area contributed by atoms with Crippen LogP contribution in [-0.4, -0.2) is 0 Å². The van der Waals surface area contributed by atoms with E-state index in [1.807, 2.05) is 18.2 Å². The van der Waals surface area contributed by atoms with Crippen LogP contribution < -0.4 is 0 Å². The molecule has 3 aromatic rings. The summed E-state index contributed by atoms with van der Waals surface area (Å²) in [6.07, 6.45) is 0. The molecule has 0 saturated heterocycles. The fourth-order valence-electron chi connectivity index (χ4n) is 2.43. The Kier molecular flexibility index (Phi) is 3.58. The molecule has 3 rings (SSSR count). The predicted molar refractivity (Wildman–Crippen MR) is 87.1 cm³/mol. The van der Waals surface area contributed by atoms with Gasteiger partial charge < -0.3 is 0 Å². The van der Waals surface area contributed by atoms with Crippen LogP contribution in [0.25, 0.3) is 22.3 Å². The van der Waals surface area contributed by atoms with Gasteiger partial charge in [0.1, 0.15) is 0 Å². The molecule has 0 amide bonds. The van der Waals surface area contributed by atoms with E-state index in [0.29, 0.717) is 0 Å². The van der Waals surface area contributed by atoms with E-state index in [9.17, 15) is 0 Å². The van der Waals surface area contributed by atoms with E-state index in [-0.39, 0.29) is 0 Å². The highest BCUT2D eigenvalue weighted by Gasteiger charge is 2.04. The molecular weight excluding hydrogens is 264 g/mol. The largest absolute Gasteiger partial charge is 0.0843 e. The molecule has 0 heterocycles. The van der Waals surface area contributed by atoms with Crippen LogP contribution >= 0.6 is 11.6 Å². The molecule has 0 nitrogen and oxygen atoms in total. The first-order valence-corrected chi connectivity index (χ1v) is 7.04. The normalized spacial score (nSPS) is 10.5. The van der Waals surface area contributed by atoms with E-state index in [1.54, 1.807) is 0 Å². The van der Waals surface area contributed by atoms with Gasteiger partial charge in [-0.15, -0.1) is 0 Å². The fraction of sp³-hybridized carbons (Fsp3) is 0.0526. The SMILES string of the molecule is Cc1cc(-c2ccccc2)ccc1-c1ccc(Cl)cc1. The summed E-state index contributed by atoms with van der Waals surface area (Å²) in [5, 5.41) is 0.771. The summed E-state index contributed by atoms with van der Waals surface area (Å²) in [5.74, 6) is 0. The lowest BCUT2D eigenvalue weighted by Gasteiger charge is -2.09. The van der Waals surface area contributed by atoms with Crippen LogP contribution in [0.4, 0.5) is 0 Å². The van der Waals surface area contributed by atoms with Crippen molar-refractivity contribution in [3.8, 4) is 22.3 Å². The second kappa shape index (κ2) is 5.52. The highest BCUT2D eigenvalue weighted by atomic mass is 35.5. The summed E-state index contributed by atoms with van der Waals surface area (Å²) in [7, 11) is 0. The molecule has 0 saturated carbocycles. The maximum absolute atomic E-state index is 5.94. The Hall–Kier alpha value is -2.05. The molecule has 0 atom stereocenters. The lowest BCUT2D eigenvalue weighted by atomic mass is 9.96. The van der Waals surface area contributed by atoms with Gasteiger partial charge in [0.15, 0.2) is 0 Å². The van der Waals surface area contributed by atoms with Crippen molar-refractivity contribution in [3.63, 3.8) is 0 Å². The van der Waals surface area contributed by atoms with Crippen molar-refractivity contribution in [2.45, 2.75) is 6.92 Å². The number of halogens is 1. The van der Waals surface area contributed by atoms with Gasteiger partial charge >= 0.3 is 0 Å². The molecule has 20 heavy (non-hydrogen) atoms. The molecule has 0 N–H and O–H groups in total. The standard InChI is InChI=1S/C19H15Cl/c1-14-13-17(15-5-3-2-4-6-15)9-12-19(14)16-7-10-18(20)11-8-16/h2-13H,1H3. The number of hydrogen-bond acceptors (Lipinski definition) is 0. The van der Waals surface area contributed by atoms with Crippen molar-refractivity contribution in [2.75, 3.05) is 0 Å². The Balaban J connectivity index is 2.02. The predicted octanol–water partition coefficient (Wildman–Crippen LogP) is 5.98. The van der Waals surface area contributed by atoms with E-state index in [1.165, 1.54) is 27.8 Å². The van der Waals surface area contributed by atoms with Gasteiger partial charge in [0.25, 0.3) is 0 Å². The first-order chi connectivity index (χ1) is 9.74. The molecule has 1 heteroatoms. The minimum atomic E-state index is 0.771. The van der Waals surface area contributed by atoms with Crippen molar-refractivity contribution in [1.82, 2.24) is 0 Å². The molecule has 0 aliphatic carbocycles. The van der Waals surface area contributed by atoms with E-state index in [2.05, 4.69) is 61.5 Å². The van der Waals surface area contributed by atoms with Gasteiger partial charge in [-0.2, -0.15) is 0 Å². The maximum Gasteiger partial charge on any atom is 0.0406 e. The zero-order valence-electron chi connectivity index (χ0n) is 11.3. The molecule has 0 unspecified atom stereocenters. The lowest BCUT2D eigenvalue weighted by Crippen LogP contribution is -1.85. The van der Waals surface area contributed by atoms with Gasteiger partial charge in [-0.25, -0.2) is 0 Å². The summed E-state index contributed by atoms with van der Waals surface area (Å²) in [5.41, 5.74) is 6.22. The van der Waals surface area contributed by atoms with Crippen LogP contribution in [0, 0.1) is 6.92 Å². The summed E-state index contributed by atoms with van der Waals surface area (Å²) in [6.45, 7) is 2.15. The second-order valence-corrected chi connectivity index (χ2v) is 5.34. The maximum atomic E-state index is 5.94. The van der Waals surface area contributed by atoms with E-state index < -0.39 is 0 Å². The summed E-state index contributed by atoms with van der Waals surface area (Å²) in [6, 6.07) is 25.0. The average Bonchev–Trinajstić information content (AvgIpc) is 2.49. The Morgan fingerprint density at radius 3 is 1.95 bits per heavy atom. The van der Waals surface area contributed by atoms with Crippen molar-refractivity contribution >= 4 is 11.6 Å². The number of rotatable bonds is 2. The summed E-state index contributed by atoms with van der Waals surface area (Å²) >= 11 is 5.94. The smallest absolute Gasteiger partial charge is 0.0406 e. The number of hydrogen-bond donors (Lipinski definition) is 0. The van der Waals surface area contributed by atoms with Crippen LogP contribution in [0.2, 0.25) is 5.02 Å². The molecule has 0 fully saturated rings. The average molecular weight is 279 g/mol. The van der Waals surface area contributed by atoms with Crippen molar-refractivity contribution in [3.05, 3.63) is 83.4 Å². The van der Waals surface area contributed by atoms with Crippen molar-refractivity contribution in [1.29, 1.82) is 0 Å². The second-order valence-electron chi connectivity index (χ2n) is 4.90. The Morgan fingerprint density at radius 1 is 0.650 bits per heavy atom. The first-order valence-electron chi connectivity index (χ1n) is 6.66. The Labute approximate surface area is 124 Å². The molecular formula is C19H15Cl. The molecule has 98 valence electrons. The molecule has 0 aromatic heterocycles. The number of aryl methyl sites for hydroxylation is 1. The van der Waals surface area contributed by atoms with E-state index in [0.717, 1.165) is 5.02 Å². The molecule has 3 aromatic carbocycles. The van der Waals surface area contributed by atoms with Gasteiger partial charge in [-0.3, -0.25) is 0 Å². The van der Waals surface area contributed by atoms with Gasteiger partial charge in [-0.05, 0) is 46.9 Å². The van der Waals surface area contributed by atoms with Crippen LogP contribution in [0.3, 0.4) is 0 Å². The third-order valence-corrected chi connectivity index (χ3v) is 3.74. The molecule has 0 aliphatic heterocycles. The van der Waals surface area contributed by atoms with Gasteiger partial charge in [0.2, 0.25) is 0 Å². The quantitative estimate of drug-likeness (QED) is 0.541. The van der Waals surface area contributed by atoms with Crippen LogP contribution in [0.15, 0.2) is 72.8 Å².